The van der Waals surface area contributed by atoms with E-state index in [0.29, 0.717) is 43.2 Å². The Morgan fingerprint density at radius 2 is 1.73 bits per heavy atom. The standard InChI is InChI=1S/C20H18ClN5O3S/c21-16-5-1-14(2-6-16)13-18-22-20(30-23-18)25-11-9-24(10-12-25)19(27)15-3-7-17(8-4-15)26(28)29/h1-8H,9-13H2. The third-order valence-corrected chi connectivity index (χ3v) is 5.96. The summed E-state index contributed by atoms with van der Waals surface area (Å²) in [6.07, 6.45) is 0.645. The monoisotopic (exact) mass is 443 g/mol. The van der Waals surface area contributed by atoms with E-state index in [1.807, 2.05) is 24.3 Å². The van der Waals surface area contributed by atoms with Crippen LogP contribution in [0.2, 0.25) is 5.02 Å². The van der Waals surface area contributed by atoms with Crippen molar-refractivity contribution in [2.45, 2.75) is 6.42 Å². The molecular weight excluding hydrogens is 426 g/mol. The Balaban J connectivity index is 1.34. The van der Waals surface area contributed by atoms with Crippen LogP contribution in [0, 0.1) is 10.1 Å². The van der Waals surface area contributed by atoms with Crippen LogP contribution in [0.5, 0.6) is 0 Å². The summed E-state index contributed by atoms with van der Waals surface area (Å²) in [7, 11) is 0. The first-order valence-corrected chi connectivity index (χ1v) is 10.5. The van der Waals surface area contributed by atoms with Crippen molar-refractivity contribution in [3.63, 3.8) is 0 Å². The zero-order valence-corrected chi connectivity index (χ0v) is 17.5. The van der Waals surface area contributed by atoms with Gasteiger partial charge in [0.25, 0.3) is 11.6 Å². The van der Waals surface area contributed by atoms with Crippen molar-refractivity contribution in [3.8, 4) is 0 Å². The van der Waals surface area contributed by atoms with Gasteiger partial charge in [-0.25, -0.2) is 4.98 Å². The van der Waals surface area contributed by atoms with E-state index in [4.69, 9.17) is 11.6 Å². The number of aromatic nitrogens is 2. The van der Waals surface area contributed by atoms with E-state index in [2.05, 4.69) is 14.3 Å². The van der Waals surface area contributed by atoms with Gasteiger partial charge in [-0.15, -0.1) is 0 Å². The molecule has 0 bridgehead atoms. The number of non-ortho nitro benzene ring substituents is 1. The molecule has 1 fully saturated rings. The molecule has 1 aliphatic rings. The second kappa shape index (κ2) is 8.76. The Labute approximate surface area is 182 Å². The highest BCUT2D eigenvalue weighted by molar-refractivity contribution is 7.09. The van der Waals surface area contributed by atoms with E-state index in [1.165, 1.54) is 35.8 Å². The molecule has 30 heavy (non-hydrogen) atoms. The molecule has 0 radical (unpaired) electrons. The lowest BCUT2D eigenvalue weighted by molar-refractivity contribution is -0.384. The first-order valence-electron chi connectivity index (χ1n) is 9.35. The lowest BCUT2D eigenvalue weighted by Crippen LogP contribution is -2.48. The van der Waals surface area contributed by atoms with Gasteiger partial charge < -0.3 is 9.80 Å². The van der Waals surface area contributed by atoms with Gasteiger partial charge in [-0.3, -0.25) is 14.9 Å². The Hall–Kier alpha value is -3.04. The average molecular weight is 444 g/mol. The molecule has 4 rings (SSSR count). The predicted octanol–water partition coefficient (Wildman–Crippen LogP) is 3.65. The van der Waals surface area contributed by atoms with E-state index >= 15 is 0 Å². The van der Waals surface area contributed by atoms with E-state index < -0.39 is 4.92 Å². The van der Waals surface area contributed by atoms with Crippen molar-refractivity contribution in [2.24, 2.45) is 0 Å². The number of rotatable bonds is 5. The van der Waals surface area contributed by atoms with Gasteiger partial charge in [-0.2, -0.15) is 4.37 Å². The number of hydrogen-bond acceptors (Lipinski definition) is 7. The second-order valence-electron chi connectivity index (χ2n) is 6.88. The third kappa shape index (κ3) is 4.58. The summed E-state index contributed by atoms with van der Waals surface area (Å²) >= 11 is 7.28. The van der Waals surface area contributed by atoms with E-state index in [1.54, 1.807) is 4.90 Å². The lowest BCUT2D eigenvalue weighted by atomic mass is 10.1. The molecule has 2 heterocycles. The fourth-order valence-corrected chi connectivity index (χ4v) is 4.10. The number of nitro groups is 1. The first-order chi connectivity index (χ1) is 14.5. The smallest absolute Gasteiger partial charge is 0.269 e. The third-order valence-electron chi connectivity index (χ3n) is 4.90. The largest absolute Gasteiger partial charge is 0.343 e. The second-order valence-corrected chi connectivity index (χ2v) is 8.05. The molecule has 10 heteroatoms. The molecule has 0 atom stereocenters. The first kappa shape index (κ1) is 20.2. The van der Waals surface area contributed by atoms with Gasteiger partial charge in [0.05, 0.1) is 4.92 Å². The highest BCUT2D eigenvalue weighted by Crippen LogP contribution is 2.22. The average Bonchev–Trinajstić information content (AvgIpc) is 3.23. The number of amides is 1. The fraction of sp³-hybridized carbons (Fsp3) is 0.250. The highest BCUT2D eigenvalue weighted by atomic mass is 35.5. The number of benzene rings is 2. The number of piperazine rings is 1. The summed E-state index contributed by atoms with van der Waals surface area (Å²) in [6.45, 7) is 2.44. The van der Waals surface area contributed by atoms with Gasteiger partial charge in [0.1, 0.15) is 5.82 Å². The number of carbonyl (C=O) groups is 1. The summed E-state index contributed by atoms with van der Waals surface area (Å²) in [4.78, 5) is 31.5. The molecule has 0 N–H and O–H groups in total. The van der Waals surface area contributed by atoms with Crippen LogP contribution in [0.1, 0.15) is 21.7 Å². The van der Waals surface area contributed by atoms with Crippen LogP contribution in [0.3, 0.4) is 0 Å². The van der Waals surface area contributed by atoms with Crippen molar-refractivity contribution in [1.29, 1.82) is 0 Å². The molecule has 0 saturated carbocycles. The van der Waals surface area contributed by atoms with Crippen molar-refractivity contribution in [1.82, 2.24) is 14.3 Å². The van der Waals surface area contributed by atoms with Gasteiger partial charge in [-0.05, 0) is 29.8 Å². The van der Waals surface area contributed by atoms with Crippen molar-refractivity contribution in [3.05, 3.63) is 80.6 Å². The van der Waals surface area contributed by atoms with Crippen LogP contribution < -0.4 is 4.90 Å². The van der Waals surface area contributed by atoms with Crippen LogP contribution in [0.15, 0.2) is 48.5 Å². The fourth-order valence-electron chi connectivity index (χ4n) is 3.24. The lowest BCUT2D eigenvalue weighted by Gasteiger charge is -2.34. The number of halogens is 1. The van der Waals surface area contributed by atoms with Crippen molar-refractivity contribution < 1.29 is 9.72 Å². The normalized spacial score (nSPS) is 14.0. The molecule has 154 valence electrons. The minimum atomic E-state index is -0.476. The minimum Gasteiger partial charge on any atom is -0.343 e. The Morgan fingerprint density at radius 3 is 2.37 bits per heavy atom. The van der Waals surface area contributed by atoms with E-state index in [9.17, 15) is 14.9 Å². The van der Waals surface area contributed by atoms with Crippen molar-refractivity contribution >= 4 is 39.9 Å². The molecule has 1 amide bonds. The summed E-state index contributed by atoms with van der Waals surface area (Å²) in [5.74, 6) is 0.645. The summed E-state index contributed by atoms with van der Waals surface area (Å²) < 4.78 is 4.45. The zero-order valence-electron chi connectivity index (χ0n) is 15.9. The number of nitro benzene ring substituents is 1. The Kier molecular flexibility index (Phi) is 5.91. The topological polar surface area (TPSA) is 92.5 Å². The maximum absolute atomic E-state index is 12.7. The van der Waals surface area contributed by atoms with Gasteiger partial charge in [0.15, 0.2) is 0 Å². The molecule has 1 aromatic heterocycles. The SMILES string of the molecule is O=C(c1ccc([N+](=O)[O-])cc1)N1CCN(c2nc(Cc3ccc(Cl)cc3)ns2)CC1. The molecule has 1 aliphatic heterocycles. The van der Waals surface area contributed by atoms with Gasteiger partial charge >= 0.3 is 0 Å². The van der Waals surface area contributed by atoms with Crippen LogP contribution >= 0.6 is 23.1 Å². The maximum atomic E-state index is 12.7. The van der Waals surface area contributed by atoms with Crippen molar-refractivity contribution in [2.75, 3.05) is 31.1 Å². The van der Waals surface area contributed by atoms with Gasteiger partial charge in [-0.1, -0.05) is 23.7 Å². The summed E-state index contributed by atoms with van der Waals surface area (Å²) in [6, 6.07) is 13.3. The van der Waals surface area contributed by atoms with Crippen LogP contribution in [-0.4, -0.2) is 51.3 Å². The minimum absolute atomic E-state index is 0.0259. The molecule has 1 saturated heterocycles. The van der Waals surface area contributed by atoms with Gasteiger partial charge in [0.2, 0.25) is 5.13 Å². The molecule has 0 aliphatic carbocycles. The van der Waals surface area contributed by atoms with Crippen LogP contribution in [0.25, 0.3) is 0 Å². The Morgan fingerprint density at radius 1 is 1.07 bits per heavy atom. The molecule has 3 aromatic rings. The molecule has 0 spiro atoms. The summed E-state index contributed by atoms with van der Waals surface area (Å²) in [5.41, 5.74) is 1.53. The summed E-state index contributed by atoms with van der Waals surface area (Å²) in [5, 5.41) is 12.3. The quantitative estimate of drug-likeness (QED) is 0.441. The molecular formula is C20H18ClN5O3S. The number of anilines is 1. The highest BCUT2D eigenvalue weighted by Gasteiger charge is 2.24. The van der Waals surface area contributed by atoms with Crippen LogP contribution in [-0.2, 0) is 6.42 Å². The van der Waals surface area contributed by atoms with Gasteiger partial charge in [0, 0.05) is 66.9 Å². The number of hydrogen-bond donors (Lipinski definition) is 0. The zero-order chi connectivity index (χ0) is 21.1. The Bertz CT molecular complexity index is 1050. The number of carbonyl (C=O) groups excluding carboxylic acids is 1. The molecule has 2 aromatic carbocycles. The predicted molar refractivity (Wildman–Crippen MR) is 115 cm³/mol. The molecule has 8 nitrogen and oxygen atoms in total. The van der Waals surface area contributed by atoms with E-state index in [0.717, 1.165) is 16.5 Å². The molecule has 0 unspecified atom stereocenters. The van der Waals surface area contributed by atoms with E-state index in [-0.39, 0.29) is 11.6 Å². The number of nitrogens with zero attached hydrogens (tertiary/aromatic N) is 5. The van der Waals surface area contributed by atoms with Crippen LogP contribution in [0.4, 0.5) is 10.8 Å². The maximum Gasteiger partial charge on any atom is 0.269 e.